The van der Waals surface area contributed by atoms with Crippen molar-refractivity contribution in [3.05, 3.63) is 68.6 Å². The van der Waals surface area contributed by atoms with E-state index in [4.69, 9.17) is 5.73 Å². The van der Waals surface area contributed by atoms with Crippen molar-refractivity contribution < 1.29 is 90.0 Å². The molecule has 0 saturated carbocycles. The number of hydrogen-bond acceptors (Lipinski definition) is 9. The molecule has 1 unspecified atom stereocenters. The Hall–Kier alpha value is -0.380. The van der Waals surface area contributed by atoms with Crippen LogP contribution in [-0.2, 0) is 20.2 Å². The van der Waals surface area contributed by atoms with Crippen LogP contribution >= 0.6 is 0 Å². The van der Waals surface area contributed by atoms with E-state index in [0.717, 1.165) is 30.4 Å². The predicted octanol–water partition coefficient (Wildman–Crippen LogP) is -5.70. The quantitative estimate of drug-likeness (QED) is 0.151. The van der Waals surface area contributed by atoms with Crippen molar-refractivity contribution in [2.75, 3.05) is 0 Å². The summed E-state index contributed by atoms with van der Waals surface area (Å²) in [6.45, 7) is 0. The Morgan fingerprint density at radius 3 is 2.11 bits per heavy atom. The molecule has 1 aliphatic carbocycles. The van der Waals surface area contributed by atoms with Crippen LogP contribution in [0.4, 0.5) is 0 Å². The minimum atomic E-state index is -5.06. The first-order valence-corrected chi connectivity index (χ1v) is 9.71. The first kappa shape index (κ1) is 27.6. The Morgan fingerprint density at radius 1 is 1.04 bits per heavy atom. The Labute approximate surface area is 205 Å². The van der Waals surface area contributed by atoms with E-state index >= 15 is 0 Å². The van der Waals surface area contributed by atoms with E-state index in [-0.39, 0.29) is 70.3 Å². The Balaban J connectivity index is 0.00000364. The summed E-state index contributed by atoms with van der Waals surface area (Å²) in [4.78, 5) is 8.71. The summed E-state index contributed by atoms with van der Waals surface area (Å²) in [6.07, 6.45) is 3.25. The maximum absolute atomic E-state index is 11.4. The molecule has 0 aliphatic heterocycles. The van der Waals surface area contributed by atoms with Gasteiger partial charge < -0.3 is 9.11 Å². The van der Waals surface area contributed by atoms with Crippen LogP contribution in [0.3, 0.4) is 0 Å². The maximum atomic E-state index is 11.4. The topological polar surface area (TPSA) is 184 Å². The monoisotopic (exact) mass is 446 g/mol. The molecule has 0 spiro atoms. The second kappa shape index (κ2) is 10.1. The predicted molar refractivity (Wildman–Crippen MR) is 87.8 cm³/mol. The molecule has 10 nitrogen and oxygen atoms in total. The minimum Gasteiger partial charge on any atom is -0.744 e. The van der Waals surface area contributed by atoms with E-state index in [9.17, 15) is 36.1 Å². The molecule has 0 aromatic heterocycles. The van der Waals surface area contributed by atoms with E-state index in [0.29, 0.717) is 0 Å². The third-order valence-electron chi connectivity index (χ3n) is 3.59. The second-order valence-electron chi connectivity index (χ2n) is 5.42. The molecule has 14 heteroatoms. The molecule has 1 aromatic rings. The fourth-order valence-corrected chi connectivity index (χ4v) is 3.78. The van der Waals surface area contributed by atoms with Crippen LogP contribution in [0.15, 0.2) is 57.9 Å². The van der Waals surface area contributed by atoms with Crippen molar-refractivity contribution in [3.8, 4) is 0 Å². The molecule has 1 atom stereocenters. The Morgan fingerprint density at radius 2 is 1.61 bits per heavy atom. The van der Waals surface area contributed by atoms with Gasteiger partial charge >= 0.3 is 59.1 Å². The van der Waals surface area contributed by atoms with Gasteiger partial charge in [-0.25, -0.2) is 16.8 Å². The molecule has 1 aliphatic rings. The number of rotatable bonds is 5. The molecular formula is C14H12N2Na2O8S2. The number of nitrogens with two attached hydrogens (primary N) is 1. The summed E-state index contributed by atoms with van der Waals surface area (Å²) >= 11 is 0. The fraction of sp³-hybridized carbons (Fsp3) is 0.143. The zero-order valence-corrected chi connectivity index (χ0v) is 20.6. The summed E-state index contributed by atoms with van der Waals surface area (Å²) in [5.41, 5.74) is 2.99. The average Bonchev–Trinajstić information content (AvgIpc) is 2.52. The fourth-order valence-electron chi connectivity index (χ4n) is 2.28. The van der Waals surface area contributed by atoms with Crippen molar-refractivity contribution in [2.45, 2.75) is 17.0 Å². The van der Waals surface area contributed by atoms with Gasteiger partial charge in [-0.05, 0) is 23.3 Å². The normalized spacial score (nSPS) is 19.8. The average molecular weight is 446 g/mol. The van der Waals surface area contributed by atoms with Crippen LogP contribution in [0.5, 0.6) is 0 Å². The molecular weight excluding hydrogens is 434 g/mol. The van der Waals surface area contributed by atoms with Crippen molar-refractivity contribution in [1.29, 1.82) is 0 Å². The number of benzene rings is 1. The molecule has 0 amide bonds. The molecule has 0 heterocycles. The van der Waals surface area contributed by atoms with Gasteiger partial charge in [0.15, 0.2) is 0 Å². The largest absolute Gasteiger partial charge is 1.00 e. The van der Waals surface area contributed by atoms with Gasteiger partial charge in [-0.1, -0.05) is 30.4 Å². The second-order valence-corrected chi connectivity index (χ2v) is 8.17. The van der Waals surface area contributed by atoms with Crippen molar-refractivity contribution in [1.82, 2.24) is 0 Å². The van der Waals surface area contributed by atoms with Crippen LogP contribution in [0, 0.1) is 10.1 Å². The Kier molecular flexibility index (Phi) is 9.95. The van der Waals surface area contributed by atoms with E-state index in [1.54, 1.807) is 0 Å². The molecule has 0 bridgehead atoms. The Bertz CT molecular complexity index is 1060. The van der Waals surface area contributed by atoms with E-state index in [1.807, 2.05) is 0 Å². The molecule has 0 fully saturated rings. The van der Waals surface area contributed by atoms with Gasteiger partial charge in [0, 0.05) is 15.9 Å². The van der Waals surface area contributed by atoms with Gasteiger partial charge in [-0.3, -0.25) is 15.8 Å². The van der Waals surface area contributed by atoms with Crippen molar-refractivity contribution in [2.24, 2.45) is 5.73 Å². The summed E-state index contributed by atoms with van der Waals surface area (Å²) in [6, 6.07) is 5.14. The third kappa shape index (κ3) is 6.57. The molecule has 2 rings (SSSR count). The van der Waals surface area contributed by atoms with Gasteiger partial charge in [-0.2, -0.15) is 0 Å². The first-order valence-electron chi connectivity index (χ1n) is 6.89. The molecule has 140 valence electrons. The number of nitrogens with zero attached hydrogens (tertiary/aromatic N) is 1. The van der Waals surface area contributed by atoms with Gasteiger partial charge in [0.2, 0.25) is 0 Å². The minimum absolute atomic E-state index is 0. The van der Waals surface area contributed by atoms with Crippen molar-refractivity contribution in [3.63, 3.8) is 0 Å². The number of hydrogen-bond donors (Lipinski definition) is 1. The molecule has 2 N–H and O–H groups in total. The van der Waals surface area contributed by atoms with Crippen LogP contribution < -0.4 is 64.8 Å². The molecule has 0 radical (unpaired) electrons. The summed E-state index contributed by atoms with van der Waals surface area (Å²) in [5, 5.41) is 11.0. The number of allylic oxidation sites excluding steroid dienone is 3. The molecule has 0 saturated heterocycles. The van der Waals surface area contributed by atoms with Crippen LogP contribution in [-0.4, -0.2) is 36.5 Å². The summed E-state index contributed by atoms with van der Waals surface area (Å²) in [7, 11) is -9.84. The zero-order chi connectivity index (χ0) is 19.8. The van der Waals surface area contributed by atoms with Gasteiger partial charge in [0.25, 0.3) is 5.66 Å². The van der Waals surface area contributed by atoms with E-state index in [2.05, 4.69) is 0 Å². The summed E-state index contributed by atoms with van der Waals surface area (Å²) in [5.74, 6) is 0. The smallest absolute Gasteiger partial charge is 0.744 e. The van der Waals surface area contributed by atoms with E-state index in [1.165, 1.54) is 18.2 Å². The summed E-state index contributed by atoms with van der Waals surface area (Å²) < 4.78 is 68.0. The van der Waals surface area contributed by atoms with Gasteiger partial charge in [0.05, 0.1) is 11.3 Å². The first-order chi connectivity index (χ1) is 11.8. The van der Waals surface area contributed by atoms with Crippen LogP contribution in [0.25, 0.3) is 6.08 Å². The van der Waals surface area contributed by atoms with E-state index < -0.39 is 47.0 Å². The maximum Gasteiger partial charge on any atom is 1.00 e. The third-order valence-corrected chi connectivity index (χ3v) is 5.48. The van der Waals surface area contributed by atoms with Gasteiger partial charge in [0.1, 0.15) is 20.2 Å². The number of nitro groups is 1. The van der Waals surface area contributed by atoms with Crippen LogP contribution in [0.2, 0.25) is 0 Å². The van der Waals surface area contributed by atoms with Crippen molar-refractivity contribution >= 4 is 26.3 Å². The zero-order valence-electron chi connectivity index (χ0n) is 14.9. The standard InChI is InChI=1S/C14H14N2O8S2.2Na/c15-14(16(17)18)8-7-11(13(9-14)26(22,23)24)6-5-10-3-1-2-4-12(10)25(19,20)21;;/h1-8H,9,15H2,(H,19,20,21)(H,22,23,24);;/q;2*+1/p-2. The molecule has 28 heavy (non-hydrogen) atoms. The SMILES string of the molecule is NC1([N+](=O)[O-])C=CC(C=Cc2ccccc2S(=O)(=O)[O-])=C(S(=O)(=O)[O-])C1.[Na+].[Na+]. The van der Waals surface area contributed by atoms with Crippen LogP contribution in [0.1, 0.15) is 12.0 Å². The van der Waals surface area contributed by atoms with Gasteiger partial charge in [-0.15, -0.1) is 0 Å². The molecule has 1 aromatic carbocycles.